The molecule has 0 spiro atoms. The smallest absolute Gasteiger partial charge is 0.136 e. The zero-order valence-electron chi connectivity index (χ0n) is 6.26. The number of nitrogens with one attached hydrogen (secondary N) is 1. The molecular weight excluding hydrogens is 126 g/mol. The second-order valence-electron chi connectivity index (χ2n) is 2.01. The van der Waals surface area contributed by atoms with Gasteiger partial charge in [-0.3, -0.25) is 4.99 Å². The normalized spacial score (nSPS) is 12.9. The molecule has 1 N–H and O–H groups in total. The predicted octanol–water partition coefficient (Wildman–Crippen LogP) is 1.40. The fourth-order valence-electron chi connectivity index (χ4n) is 0.432. The molecule has 0 unspecified atom stereocenters. The van der Waals surface area contributed by atoms with Crippen LogP contribution in [0.2, 0.25) is 0 Å². The summed E-state index contributed by atoms with van der Waals surface area (Å²) in [4.78, 5) is 3.85. The van der Waals surface area contributed by atoms with Crippen LogP contribution in [0.5, 0.6) is 0 Å². The van der Waals surface area contributed by atoms with Crippen LogP contribution in [0, 0.1) is 16.7 Å². The Morgan fingerprint density at radius 2 is 2.50 bits per heavy atom. The first-order valence-corrected chi connectivity index (χ1v) is 3.18. The van der Waals surface area contributed by atoms with E-state index < -0.39 is 0 Å². The van der Waals surface area contributed by atoms with Crippen molar-refractivity contribution in [2.45, 2.75) is 26.3 Å². The minimum atomic E-state index is -0.278. The molecule has 3 heteroatoms. The first-order valence-electron chi connectivity index (χ1n) is 3.18. The molecule has 0 fully saturated rings. The maximum absolute atomic E-state index is 8.40. The molecule has 54 valence electrons. The molecule has 0 aromatic heterocycles. The summed E-state index contributed by atoms with van der Waals surface area (Å²) < 4.78 is 0. The van der Waals surface area contributed by atoms with E-state index in [9.17, 15) is 0 Å². The van der Waals surface area contributed by atoms with Gasteiger partial charge in [-0.25, -0.2) is 0 Å². The molecule has 0 aliphatic rings. The maximum atomic E-state index is 8.40. The van der Waals surface area contributed by atoms with E-state index in [0.717, 1.165) is 0 Å². The van der Waals surface area contributed by atoms with Gasteiger partial charge >= 0.3 is 0 Å². The molecule has 0 saturated carbocycles. The lowest BCUT2D eigenvalue weighted by molar-refractivity contribution is 0.801. The standard InChI is InChI=1S/C7H11N3/c1-3-7(4-8)10-5-6(2)9/h5,7,9H,3H2,1-2H3/t7-/m0/s1. The highest BCUT2D eigenvalue weighted by Crippen LogP contribution is 1.92. The Kier molecular flexibility index (Phi) is 4.14. The van der Waals surface area contributed by atoms with Crippen LogP contribution in [0.25, 0.3) is 0 Å². The third-order valence-electron chi connectivity index (χ3n) is 0.984. The fourth-order valence-corrected chi connectivity index (χ4v) is 0.432. The first kappa shape index (κ1) is 8.83. The molecular formula is C7H11N3. The topological polar surface area (TPSA) is 60.0 Å². The van der Waals surface area contributed by atoms with Crippen molar-refractivity contribution in [3.8, 4) is 6.07 Å². The van der Waals surface area contributed by atoms with Gasteiger partial charge in [-0.15, -0.1) is 0 Å². The van der Waals surface area contributed by atoms with Crippen molar-refractivity contribution < 1.29 is 0 Å². The number of nitriles is 1. The van der Waals surface area contributed by atoms with Crippen molar-refractivity contribution in [2.24, 2.45) is 4.99 Å². The highest BCUT2D eigenvalue weighted by molar-refractivity contribution is 6.27. The predicted molar refractivity (Wildman–Crippen MR) is 41.6 cm³/mol. The second-order valence-corrected chi connectivity index (χ2v) is 2.01. The highest BCUT2D eigenvalue weighted by Gasteiger charge is 1.96. The largest absolute Gasteiger partial charge is 0.304 e. The number of hydrogen-bond acceptors (Lipinski definition) is 3. The monoisotopic (exact) mass is 137 g/mol. The summed E-state index contributed by atoms with van der Waals surface area (Å²) in [7, 11) is 0. The van der Waals surface area contributed by atoms with E-state index in [0.29, 0.717) is 12.1 Å². The summed E-state index contributed by atoms with van der Waals surface area (Å²) in [5, 5.41) is 15.4. The van der Waals surface area contributed by atoms with Gasteiger partial charge in [-0.1, -0.05) is 6.92 Å². The van der Waals surface area contributed by atoms with E-state index in [1.165, 1.54) is 6.21 Å². The van der Waals surface area contributed by atoms with E-state index >= 15 is 0 Å². The zero-order chi connectivity index (χ0) is 7.98. The lowest BCUT2D eigenvalue weighted by Gasteiger charge is -1.94. The van der Waals surface area contributed by atoms with Crippen molar-refractivity contribution in [2.75, 3.05) is 0 Å². The first-order chi connectivity index (χ1) is 4.70. The van der Waals surface area contributed by atoms with E-state index in [1.54, 1.807) is 6.92 Å². The average Bonchev–Trinajstić information content (AvgIpc) is 1.90. The van der Waals surface area contributed by atoms with Crippen molar-refractivity contribution in [1.29, 1.82) is 10.7 Å². The van der Waals surface area contributed by atoms with Crippen molar-refractivity contribution in [3.63, 3.8) is 0 Å². The van der Waals surface area contributed by atoms with E-state index in [2.05, 4.69) is 4.99 Å². The van der Waals surface area contributed by atoms with Crippen molar-refractivity contribution >= 4 is 11.9 Å². The lowest BCUT2D eigenvalue weighted by atomic mass is 10.3. The van der Waals surface area contributed by atoms with Crippen LogP contribution in [0.15, 0.2) is 4.99 Å². The molecule has 0 aliphatic carbocycles. The Morgan fingerprint density at radius 3 is 2.80 bits per heavy atom. The summed E-state index contributed by atoms with van der Waals surface area (Å²) in [6.45, 7) is 3.53. The molecule has 0 rings (SSSR count). The Bertz CT molecular complexity index is 176. The molecule has 0 saturated heterocycles. The third kappa shape index (κ3) is 3.79. The Morgan fingerprint density at radius 1 is 1.90 bits per heavy atom. The Hall–Kier alpha value is -1.17. The quantitative estimate of drug-likeness (QED) is 0.587. The van der Waals surface area contributed by atoms with Gasteiger partial charge < -0.3 is 5.41 Å². The molecule has 1 atom stereocenters. The maximum Gasteiger partial charge on any atom is 0.136 e. The molecule has 0 aromatic carbocycles. The number of rotatable bonds is 3. The van der Waals surface area contributed by atoms with E-state index in [1.807, 2.05) is 13.0 Å². The van der Waals surface area contributed by atoms with Crippen LogP contribution >= 0.6 is 0 Å². The Labute approximate surface area is 60.9 Å². The second kappa shape index (κ2) is 4.68. The van der Waals surface area contributed by atoms with Crippen LogP contribution in [0.4, 0.5) is 0 Å². The van der Waals surface area contributed by atoms with Crippen molar-refractivity contribution in [3.05, 3.63) is 0 Å². The highest BCUT2D eigenvalue weighted by atomic mass is 14.8. The molecule has 0 bridgehead atoms. The summed E-state index contributed by atoms with van der Waals surface area (Å²) in [5.41, 5.74) is 0.383. The molecule has 3 nitrogen and oxygen atoms in total. The number of aliphatic imine (C=N–C) groups is 1. The third-order valence-corrected chi connectivity index (χ3v) is 0.984. The van der Waals surface area contributed by atoms with Gasteiger partial charge in [0, 0.05) is 11.9 Å². The van der Waals surface area contributed by atoms with Gasteiger partial charge in [0.15, 0.2) is 0 Å². The van der Waals surface area contributed by atoms with Crippen LogP contribution in [-0.4, -0.2) is 18.0 Å². The van der Waals surface area contributed by atoms with Gasteiger partial charge in [0.1, 0.15) is 6.04 Å². The minimum Gasteiger partial charge on any atom is -0.304 e. The van der Waals surface area contributed by atoms with Crippen LogP contribution in [0.3, 0.4) is 0 Å². The van der Waals surface area contributed by atoms with E-state index in [4.69, 9.17) is 10.7 Å². The van der Waals surface area contributed by atoms with Gasteiger partial charge in [0.05, 0.1) is 6.07 Å². The number of nitrogens with zero attached hydrogens (tertiary/aromatic N) is 2. The summed E-state index contributed by atoms with van der Waals surface area (Å²) in [6, 6.07) is 1.74. The molecule has 0 aliphatic heterocycles. The molecule has 0 radical (unpaired) electrons. The summed E-state index contributed by atoms with van der Waals surface area (Å²) in [5.74, 6) is 0. The zero-order valence-corrected chi connectivity index (χ0v) is 6.26. The van der Waals surface area contributed by atoms with Gasteiger partial charge in [0.2, 0.25) is 0 Å². The van der Waals surface area contributed by atoms with Crippen LogP contribution in [-0.2, 0) is 0 Å². The lowest BCUT2D eigenvalue weighted by Crippen LogP contribution is -2.00. The minimum absolute atomic E-state index is 0.278. The van der Waals surface area contributed by atoms with Crippen LogP contribution < -0.4 is 0 Å². The summed E-state index contributed by atoms with van der Waals surface area (Å²) in [6.07, 6.45) is 2.12. The van der Waals surface area contributed by atoms with Crippen LogP contribution in [0.1, 0.15) is 20.3 Å². The van der Waals surface area contributed by atoms with Crippen molar-refractivity contribution in [1.82, 2.24) is 0 Å². The molecule has 0 heterocycles. The van der Waals surface area contributed by atoms with Gasteiger partial charge in [-0.2, -0.15) is 5.26 Å². The molecule has 0 aromatic rings. The molecule has 0 amide bonds. The molecule has 10 heavy (non-hydrogen) atoms. The van der Waals surface area contributed by atoms with E-state index in [-0.39, 0.29) is 6.04 Å². The number of hydrogen-bond donors (Lipinski definition) is 1. The fraction of sp³-hybridized carbons (Fsp3) is 0.571. The summed E-state index contributed by atoms with van der Waals surface area (Å²) >= 11 is 0. The van der Waals surface area contributed by atoms with Gasteiger partial charge in [0.25, 0.3) is 0 Å². The average molecular weight is 137 g/mol. The SMILES string of the molecule is CC[C@@H](C#N)N=CC(C)=N. The van der Waals surface area contributed by atoms with Gasteiger partial charge in [-0.05, 0) is 13.3 Å². The Balaban J connectivity index is 3.87.